The summed E-state index contributed by atoms with van der Waals surface area (Å²) in [5.41, 5.74) is 5.17. The van der Waals surface area contributed by atoms with Crippen LogP contribution in [0.1, 0.15) is 28.4 Å². The Morgan fingerprint density at radius 1 is 1.06 bits per heavy atom. The quantitative estimate of drug-likeness (QED) is 0.580. The first-order chi connectivity index (χ1) is 15.4. The van der Waals surface area contributed by atoms with E-state index in [-0.39, 0.29) is 6.04 Å². The second-order valence-electron chi connectivity index (χ2n) is 8.18. The van der Waals surface area contributed by atoms with Gasteiger partial charge in [-0.2, -0.15) is 0 Å². The van der Waals surface area contributed by atoms with Gasteiger partial charge in [0.25, 0.3) is 0 Å². The number of anilines is 1. The second kappa shape index (κ2) is 9.59. The number of carbonyl (C=O) groups is 2. The molecule has 0 saturated heterocycles. The number of hydrogen-bond acceptors (Lipinski definition) is 3. The Bertz CT molecular complexity index is 1140. The lowest BCUT2D eigenvalue weighted by atomic mass is 9.98. The molecule has 3 aromatic rings. The van der Waals surface area contributed by atoms with Crippen molar-refractivity contribution in [2.45, 2.75) is 25.9 Å². The molecule has 0 aliphatic carbocycles. The van der Waals surface area contributed by atoms with Crippen molar-refractivity contribution in [3.8, 4) is 0 Å². The topological polar surface area (TPSA) is 66.4 Å². The number of hydrogen-bond donors (Lipinski definition) is 2. The smallest absolute Gasteiger partial charge is 0.313 e. The van der Waals surface area contributed by atoms with Crippen molar-refractivity contribution in [2.75, 3.05) is 18.4 Å². The molecule has 7 heteroatoms. The first kappa shape index (κ1) is 22.1. The number of nitrogens with one attached hydrogen (secondary N) is 2. The zero-order valence-corrected chi connectivity index (χ0v) is 19.0. The maximum Gasteiger partial charge on any atom is 0.313 e. The number of amides is 2. The highest BCUT2D eigenvalue weighted by atomic mass is 35.5. The van der Waals surface area contributed by atoms with Crippen molar-refractivity contribution in [2.24, 2.45) is 7.05 Å². The molecule has 32 heavy (non-hydrogen) atoms. The van der Waals surface area contributed by atoms with Gasteiger partial charge in [-0.25, -0.2) is 0 Å². The third kappa shape index (κ3) is 4.87. The molecule has 0 radical (unpaired) electrons. The van der Waals surface area contributed by atoms with Crippen LogP contribution in [0.25, 0.3) is 0 Å². The summed E-state index contributed by atoms with van der Waals surface area (Å²) in [4.78, 5) is 27.3. The normalized spacial score (nSPS) is 14.5. The summed E-state index contributed by atoms with van der Waals surface area (Å²) in [5, 5.41) is 5.98. The first-order valence-corrected chi connectivity index (χ1v) is 11.1. The van der Waals surface area contributed by atoms with Crippen LogP contribution in [0.15, 0.2) is 60.8 Å². The van der Waals surface area contributed by atoms with Crippen molar-refractivity contribution >= 4 is 29.1 Å². The monoisotopic (exact) mass is 450 g/mol. The number of carbonyl (C=O) groups excluding carboxylic acids is 2. The Morgan fingerprint density at radius 2 is 1.84 bits per heavy atom. The van der Waals surface area contributed by atoms with Gasteiger partial charge in [-0.15, -0.1) is 0 Å². The number of aromatic nitrogens is 1. The predicted octanol–water partition coefficient (Wildman–Crippen LogP) is 3.84. The number of aryl methyl sites for hydroxylation is 2. The van der Waals surface area contributed by atoms with E-state index in [2.05, 4.69) is 50.4 Å². The Morgan fingerprint density at radius 3 is 2.56 bits per heavy atom. The summed E-state index contributed by atoms with van der Waals surface area (Å²) in [6, 6.07) is 17.6. The lowest BCUT2D eigenvalue weighted by Crippen LogP contribution is -2.44. The van der Waals surface area contributed by atoms with Gasteiger partial charge in [-0.3, -0.25) is 14.5 Å². The zero-order chi connectivity index (χ0) is 22.7. The number of halogens is 1. The van der Waals surface area contributed by atoms with E-state index in [1.54, 1.807) is 18.2 Å². The first-order valence-electron chi connectivity index (χ1n) is 10.7. The Labute approximate surface area is 193 Å². The van der Waals surface area contributed by atoms with Crippen LogP contribution in [-0.2, 0) is 29.6 Å². The molecule has 1 aliphatic heterocycles. The highest BCUT2D eigenvalue weighted by Gasteiger charge is 2.27. The Hall–Kier alpha value is -3.09. The summed E-state index contributed by atoms with van der Waals surface area (Å²) in [6.07, 6.45) is 2.95. The van der Waals surface area contributed by atoms with Crippen molar-refractivity contribution < 1.29 is 9.59 Å². The van der Waals surface area contributed by atoms with E-state index in [0.717, 1.165) is 30.8 Å². The molecule has 6 nitrogen and oxygen atoms in total. The minimum absolute atomic E-state index is 0.0473. The molecule has 1 unspecified atom stereocenters. The molecule has 2 amide bonds. The van der Waals surface area contributed by atoms with E-state index in [0.29, 0.717) is 17.3 Å². The molecule has 0 bridgehead atoms. The fraction of sp³-hybridized carbons (Fsp3) is 0.280. The lowest BCUT2D eigenvalue weighted by molar-refractivity contribution is -0.136. The van der Waals surface area contributed by atoms with E-state index >= 15 is 0 Å². The lowest BCUT2D eigenvalue weighted by Gasteiger charge is -2.36. The Kier molecular flexibility index (Phi) is 6.63. The Balaban J connectivity index is 1.45. The summed E-state index contributed by atoms with van der Waals surface area (Å²) in [7, 11) is 2.00. The van der Waals surface area contributed by atoms with Gasteiger partial charge < -0.3 is 15.2 Å². The summed E-state index contributed by atoms with van der Waals surface area (Å²) in [5.74, 6) is -1.38. The van der Waals surface area contributed by atoms with Crippen LogP contribution in [0, 0.1) is 6.92 Å². The van der Waals surface area contributed by atoms with Crippen LogP contribution >= 0.6 is 11.6 Å². The molecule has 0 saturated carbocycles. The van der Waals surface area contributed by atoms with Gasteiger partial charge in [0.1, 0.15) is 0 Å². The fourth-order valence-corrected chi connectivity index (χ4v) is 4.33. The molecule has 0 fully saturated rings. The van der Waals surface area contributed by atoms with Gasteiger partial charge in [0.2, 0.25) is 0 Å². The summed E-state index contributed by atoms with van der Waals surface area (Å²) >= 11 is 6.11. The molecular weight excluding hydrogens is 424 g/mol. The van der Waals surface area contributed by atoms with Gasteiger partial charge in [-0.1, -0.05) is 41.9 Å². The molecule has 2 N–H and O–H groups in total. The summed E-state index contributed by atoms with van der Waals surface area (Å²) < 4.78 is 2.06. The minimum atomic E-state index is -0.709. The van der Waals surface area contributed by atoms with Gasteiger partial charge in [0.05, 0.1) is 6.04 Å². The predicted molar refractivity (Wildman–Crippen MR) is 127 cm³/mol. The molecule has 1 aliphatic rings. The number of rotatable bonds is 5. The average Bonchev–Trinajstić information content (AvgIpc) is 3.21. The standard InChI is InChI=1S/C25H27ClN4O2/c1-17-9-10-20(14-21(17)26)28-25(32)24(31)27-15-23(22-8-5-12-29(22)2)30-13-11-18-6-3-4-7-19(18)16-30/h3-10,12,14,23H,11,13,15-16H2,1-2H3,(H,27,31)(H,28,32). The molecule has 0 spiro atoms. The average molecular weight is 451 g/mol. The third-order valence-corrected chi connectivity index (χ3v) is 6.43. The number of fused-ring (bicyclic) bond motifs is 1. The van der Waals surface area contributed by atoms with Crippen LogP contribution in [0.4, 0.5) is 5.69 Å². The van der Waals surface area contributed by atoms with Crippen molar-refractivity contribution in [1.82, 2.24) is 14.8 Å². The largest absolute Gasteiger partial charge is 0.353 e. The third-order valence-electron chi connectivity index (χ3n) is 6.02. The van der Waals surface area contributed by atoms with Gasteiger partial charge in [0, 0.05) is 49.3 Å². The van der Waals surface area contributed by atoms with Crippen LogP contribution < -0.4 is 10.6 Å². The minimum Gasteiger partial charge on any atom is -0.353 e. The molecule has 1 atom stereocenters. The van der Waals surface area contributed by atoms with Crippen molar-refractivity contribution in [3.05, 3.63) is 88.2 Å². The molecule has 2 heterocycles. The molecular formula is C25H27ClN4O2. The highest BCUT2D eigenvalue weighted by Crippen LogP contribution is 2.27. The molecule has 4 rings (SSSR count). The van der Waals surface area contributed by atoms with Gasteiger partial charge in [-0.05, 0) is 54.3 Å². The fourth-order valence-electron chi connectivity index (χ4n) is 4.15. The maximum absolute atomic E-state index is 12.6. The molecule has 1 aromatic heterocycles. The van der Waals surface area contributed by atoms with E-state index in [4.69, 9.17) is 11.6 Å². The maximum atomic E-state index is 12.6. The van der Waals surface area contributed by atoms with Gasteiger partial charge >= 0.3 is 11.8 Å². The van der Waals surface area contributed by atoms with E-state index in [9.17, 15) is 9.59 Å². The van der Waals surface area contributed by atoms with E-state index in [1.165, 1.54) is 11.1 Å². The van der Waals surface area contributed by atoms with Gasteiger partial charge in [0.15, 0.2) is 0 Å². The van der Waals surface area contributed by atoms with Crippen LogP contribution in [0.2, 0.25) is 5.02 Å². The van der Waals surface area contributed by atoms with Crippen molar-refractivity contribution in [3.63, 3.8) is 0 Å². The second-order valence-corrected chi connectivity index (χ2v) is 8.58. The molecule has 2 aromatic carbocycles. The van der Waals surface area contributed by atoms with E-state index in [1.807, 2.05) is 26.2 Å². The van der Waals surface area contributed by atoms with Crippen molar-refractivity contribution in [1.29, 1.82) is 0 Å². The highest BCUT2D eigenvalue weighted by molar-refractivity contribution is 6.39. The number of nitrogens with zero attached hydrogens (tertiary/aromatic N) is 2. The zero-order valence-electron chi connectivity index (χ0n) is 18.3. The van der Waals surface area contributed by atoms with Crippen LogP contribution in [-0.4, -0.2) is 34.4 Å². The molecule has 166 valence electrons. The van der Waals surface area contributed by atoms with Crippen LogP contribution in [0.3, 0.4) is 0 Å². The SMILES string of the molecule is Cc1ccc(NC(=O)C(=O)NCC(c2cccn2C)N2CCc3ccccc3C2)cc1Cl. The summed E-state index contributed by atoms with van der Waals surface area (Å²) in [6.45, 7) is 3.90. The van der Waals surface area contributed by atoms with Crippen LogP contribution in [0.5, 0.6) is 0 Å². The van der Waals surface area contributed by atoms with E-state index < -0.39 is 11.8 Å². The number of benzene rings is 2.